The van der Waals surface area contributed by atoms with Crippen molar-refractivity contribution in [2.45, 2.75) is 45.1 Å². The van der Waals surface area contributed by atoms with Crippen LogP contribution >= 0.6 is 0 Å². The third-order valence-corrected chi connectivity index (χ3v) is 3.27. The molecule has 0 saturated heterocycles. The maximum Gasteiger partial charge on any atom is 0.329 e. The van der Waals surface area contributed by atoms with Crippen molar-refractivity contribution >= 4 is 11.9 Å². The molecule has 0 bridgehead atoms. The Morgan fingerprint density at radius 2 is 2.00 bits per heavy atom. The molecule has 0 aliphatic rings. The Kier molecular flexibility index (Phi) is 5.81. The number of carboxylic acids is 1. The molecule has 0 fully saturated rings. The SMILES string of the molecule is CCCC(C)(NC(=O)CCc1cc(F)ccc1F)C(=O)O. The standard InChI is InChI=1S/C15H19F2NO3/c1-3-8-15(2,14(20)21)18-13(19)7-4-10-9-11(16)5-6-12(10)17/h5-6,9H,3-4,7-8H2,1-2H3,(H,18,19)(H,20,21). The third-order valence-electron chi connectivity index (χ3n) is 3.27. The van der Waals surface area contributed by atoms with E-state index in [9.17, 15) is 18.4 Å². The fraction of sp³-hybridized carbons (Fsp3) is 0.467. The summed E-state index contributed by atoms with van der Waals surface area (Å²) in [7, 11) is 0. The van der Waals surface area contributed by atoms with Crippen LogP contribution in [0.5, 0.6) is 0 Å². The molecule has 1 amide bonds. The van der Waals surface area contributed by atoms with Gasteiger partial charge in [-0.25, -0.2) is 13.6 Å². The molecule has 0 spiro atoms. The molecule has 0 aromatic heterocycles. The van der Waals surface area contributed by atoms with Crippen molar-refractivity contribution < 1.29 is 23.5 Å². The predicted molar refractivity (Wildman–Crippen MR) is 73.8 cm³/mol. The second-order valence-electron chi connectivity index (χ2n) is 5.17. The molecule has 0 aliphatic carbocycles. The van der Waals surface area contributed by atoms with Crippen molar-refractivity contribution in [1.82, 2.24) is 5.32 Å². The van der Waals surface area contributed by atoms with Crippen LogP contribution in [0.4, 0.5) is 8.78 Å². The fourth-order valence-corrected chi connectivity index (χ4v) is 2.08. The summed E-state index contributed by atoms with van der Waals surface area (Å²) in [5, 5.41) is 11.6. The molecule has 6 heteroatoms. The zero-order chi connectivity index (χ0) is 16.0. The molecule has 0 heterocycles. The van der Waals surface area contributed by atoms with Crippen molar-refractivity contribution in [2.75, 3.05) is 0 Å². The first kappa shape index (κ1) is 17.1. The third kappa shape index (κ3) is 4.81. The second kappa shape index (κ2) is 7.15. The van der Waals surface area contributed by atoms with Crippen LogP contribution in [0.15, 0.2) is 18.2 Å². The van der Waals surface area contributed by atoms with Crippen LogP contribution in [0.2, 0.25) is 0 Å². The summed E-state index contributed by atoms with van der Waals surface area (Å²) in [6.07, 6.45) is 0.800. The van der Waals surface area contributed by atoms with Crippen molar-refractivity contribution in [2.24, 2.45) is 0 Å². The highest BCUT2D eigenvalue weighted by Crippen LogP contribution is 2.15. The van der Waals surface area contributed by atoms with Gasteiger partial charge >= 0.3 is 5.97 Å². The van der Waals surface area contributed by atoms with Gasteiger partial charge in [-0.15, -0.1) is 0 Å². The van der Waals surface area contributed by atoms with Gasteiger partial charge in [0.2, 0.25) is 5.91 Å². The average Bonchev–Trinajstić information content (AvgIpc) is 2.40. The fourth-order valence-electron chi connectivity index (χ4n) is 2.08. The lowest BCUT2D eigenvalue weighted by Gasteiger charge is -2.25. The Labute approximate surface area is 122 Å². The number of carbonyl (C=O) groups excluding carboxylic acids is 1. The highest BCUT2D eigenvalue weighted by Gasteiger charge is 2.33. The van der Waals surface area contributed by atoms with Gasteiger partial charge in [-0.1, -0.05) is 13.3 Å². The highest BCUT2D eigenvalue weighted by molar-refractivity contribution is 5.86. The first-order valence-electron chi connectivity index (χ1n) is 6.77. The number of carbonyl (C=O) groups is 2. The predicted octanol–water partition coefficient (Wildman–Crippen LogP) is 2.66. The molecule has 2 N–H and O–H groups in total. The Morgan fingerprint density at radius 3 is 2.57 bits per heavy atom. The molecular weight excluding hydrogens is 280 g/mol. The summed E-state index contributed by atoms with van der Waals surface area (Å²) in [6, 6.07) is 3.04. The van der Waals surface area contributed by atoms with Crippen LogP contribution < -0.4 is 5.32 Å². The zero-order valence-electron chi connectivity index (χ0n) is 12.1. The van der Waals surface area contributed by atoms with Gasteiger partial charge in [0.05, 0.1) is 0 Å². The highest BCUT2D eigenvalue weighted by atomic mass is 19.1. The number of benzene rings is 1. The van der Waals surface area contributed by atoms with Crippen molar-refractivity contribution in [1.29, 1.82) is 0 Å². The van der Waals surface area contributed by atoms with Gasteiger partial charge in [0.15, 0.2) is 0 Å². The smallest absolute Gasteiger partial charge is 0.329 e. The molecule has 0 saturated carbocycles. The van der Waals surface area contributed by atoms with E-state index in [-0.39, 0.29) is 18.4 Å². The number of halogens is 2. The van der Waals surface area contributed by atoms with Crippen LogP contribution in [0.3, 0.4) is 0 Å². The van der Waals surface area contributed by atoms with Crippen LogP contribution in [0, 0.1) is 11.6 Å². The summed E-state index contributed by atoms with van der Waals surface area (Å²) in [5.41, 5.74) is -1.25. The van der Waals surface area contributed by atoms with Crippen LogP contribution in [0.1, 0.15) is 38.7 Å². The molecular formula is C15H19F2NO3. The summed E-state index contributed by atoms with van der Waals surface area (Å²) in [5.74, 6) is -2.78. The van der Waals surface area contributed by atoms with E-state index < -0.39 is 29.0 Å². The van der Waals surface area contributed by atoms with Gasteiger partial charge in [-0.3, -0.25) is 4.79 Å². The lowest BCUT2D eigenvalue weighted by molar-refractivity contribution is -0.147. The summed E-state index contributed by atoms with van der Waals surface area (Å²) < 4.78 is 26.4. The first-order chi connectivity index (χ1) is 9.78. The molecule has 0 radical (unpaired) electrons. The van der Waals surface area contributed by atoms with E-state index in [1.807, 2.05) is 6.92 Å². The van der Waals surface area contributed by atoms with Gasteiger partial charge in [0.1, 0.15) is 17.2 Å². The lowest BCUT2D eigenvalue weighted by Crippen LogP contribution is -2.52. The van der Waals surface area contributed by atoms with E-state index in [1.54, 1.807) is 0 Å². The largest absolute Gasteiger partial charge is 0.480 e. The number of nitrogens with one attached hydrogen (secondary N) is 1. The lowest BCUT2D eigenvalue weighted by atomic mass is 9.96. The summed E-state index contributed by atoms with van der Waals surface area (Å²) in [6.45, 7) is 3.25. The van der Waals surface area contributed by atoms with E-state index in [1.165, 1.54) is 6.92 Å². The molecule has 1 atom stereocenters. The maximum atomic E-state index is 13.4. The first-order valence-corrected chi connectivity index (χ1v) is 6.77. The topological polar surface area (TPSA) is 66.4 Å². The summed E-state index contributed by atoms with van der Waals surface area (Å²) >= 11 is 0. The van der Waals surface area contributed by atoms with E-state index in [2.05, 4.69) is 5.32 Å². The van der Waals surface area contributed by atoms with E-state index >= 15 is 0 Å². The number of aryl methyl sites for hydroxylation is 1. The Balaban J connectivity index is 2.65. The average molecular weight is 299 g/mol. The Hall–Kier alpha value is -1.98. The van der Waals surface area contributed by atoms with Gasteiger partial charge in [-0.2, -0.15) is 0 Å². The maximum absolute atomic E-state index is 13.4. The molecule has 116 valence electrons. The second-order valence-corrected chi connectivity index (χ2v) is 5.17. The monoisotopic (exact) mass is 299 g/mol. The Bertz CT molecular complexity index is 534. The minimum Gasteiger partial charge on any atom is -0.480 e. The van der Waals surface area contributed by atoms with E-state index in [0.717, 1.165) is 18.2 Å². The molecule has 1 rings (SSSR count). The van der Waals surface area contributed by atoms with Gasteiger partial charge in [0, 0.05) is 6.42 Å². The number of carboxylic acid groups (broad SMARTS) is 1. The van der Waals surface area contributed by atoms with Crippen LogP contribution in [0.25, 0.3) is 0 Å². The molecule has 1 unspecified atom stereocenters. The van der Waals surface area contributed by atoms with E-state index in [4.69, 9.17) is 5.11 Å². The van der Waals surface area contributed by atoms with Crippen LogP contribution in [-0.2, 0) is 16.0 Å². The van der Waals surface area contributed by atoms with Crippen molar-refractivity contribution in [3.63, 3.8) is 0 Å². The quantitative estimate of drug-likeness (QED) is 0.813. The van der Waals surface area contributed by atoms with Gasteiger partial charge in [-0.05, 0) is 43.5 Å². The van der Waals surface area contributed by atoms with Gasteiger partial charge in [0.25, 0.3) is 0 Å². The van der Waals surface area contributed by atoms with Crippen molar-refractivity contribution in [3.8, 4) is 0 Å². The number of rotatable bonds is 7. The number of amides is 1. The Morgan fingerprint density at radius 1 is 1.33 bits per heavy atom. The summed E-state index contributed by atoms with van der Waals surface area (Å²) in [4.78, 5) is 23.0. The molecule has 1 aromatic rings. The molecule has 21 heavy (non-hydrogen) atoms. The zero-order valence-corrected chi connectivity index (χ0v) is 12.1. The number of hydrogen-bond acceptors (Lipinski definition) is 2. The number of aliphatic carboxylic acids is 1. The normalized spacial score (nSPS) is 13.5. The van der Waals surface area contributed by atoms with Gasteiger partial charge < -0.3 is 10.4 Å². The molecule has 1 aromatic carbocycles. The molecule has 4 nitrogen and oxygen atoms in total. The number of hydrogen-bond donors (Lipinski definition) is 2. The van der Waals surface area contributed by atoms with Crippen molar-refractivity contribution in [3.05, 3.63) is 35.4 Å². The molecule has 0 aliphatic heterocycles. The van der Waals surface area contributed by atoms with Crippen LogP contribution in [-0.4, -0.2) is 22.5 Å². The minimum atomic E-state index is -1.34. The minimum absolute atomic E-state index is 0.0112. The van der Waals surface area contributed by atoms with E-state index in [0.29, 0.717) is 12.8 Å².